The molecule has 21 heavy (non-hydrogen) atoms. The summed E-state index contributed by atoms with van der Waals surface area (Å²) in [6, 6.07) is 12.7. The van der Waals surface area contributed by atoms with Gasteiger partial charge in [0.25, 0.3) is 5.91 Å². The average molecular weight is 323 g/mol. The van der Waals surface area contributed by atoms with Gasteiger partial charge in [-0.05, 0) is 24.3 Å². The maximum atomic E-state index is 12.3. The van der Waals surface area contributed by atoms with E-state index >= 15 is 0 Å². The highest BCUT2D eigenvalue weighted by Gasteiger charge is 2.22. The molecule has 0 radical (unpaired) electrons. The van der Waals surface area contributed by atoms with Gasteiger partial charge in [-0.25, -0.2) is 0 Å². The molecule has 108 valence electrons. The van der Waals surface area contributed by atoms with Gasteiger partial charge in [-0.1, -0.05) is 47.5 Å². The summed E-state index contributed by atoms with van der Waals surface area (Å²) in [6.45, 7) is 0. The van der Waals surface area contributed by atoms with Crippen LogP contribution in [0.15, 0.2) is 48.5 Å². The lowest BCUT2D eigenvalue weighted by Gasteiger charge is -2.17. The van der Waals surface area contributed by atoms with Crippen molar-refractivity contribution in [3.63, 3.8) is 0 Å². The van der Waals surface area contributed by atoms with E-state index in [9.17, 15) is 9.59 Å². The molecule has 2 aromatic carbocycles. The van der Waals surface area contributed by atoms with Crippen LogP contribution in [0.4, 0.5) is 5.69 Å². The molecule has 0 bridgehead atoms. The highest BCUT2D eigenvalue weighted by Crippen LogP contribution is 2.24. The lowest BCUT2D eigenvalue weighted by Crippen LogP contribution is -2.32. The summed E-state index contributed by atoms with van der Waals surface area (Å²) in [6.07, 6.45) is 0.464. The maximum absolute atomic E-state index is 12.3. The van der Waals surface area contributed by atoms with Crippen molar-refractivity contribution in [2.45, 2.75) is 6.04 Å². The highest BCUT2D eigenvalue weighted by atomic mass is 35.5. The smallest absolute Gasteiger partial charge is 0.251 e. The van der Waals surface area contributed by atoms with E-state index in [4.69, 9.17) is 23.2 Å². The van der Waals surface area contributed by atoms with Crippen LogP contribution in [0.25, 0.3) is 0 Å². The molecule has 0 saturated heterocycles. The third-order valence-corrected chi connectivity index (χ3v) is 3.38. The predicted octanol–water partition coefficient (Wildman–Crippen LogP) is 3.42. The second-order valence-electron chi connectivity index (χ2n) is 4.24. The summed E-state index contributed by atoms with van der Waals surface area (Å²) >= 11 is 11.9. The number of hydrogen-bond acceptors (Lipinski definition) is 2. The highest BCUT2D eigenvalue weighted by molar-refractivity contribution is 6.32. The quantitative estimate of drug-likeness (QED) is 0.829. The number of carbonyl (C=O) groups is 2. The van der Waals surface area contributed by atoms with Crippen LogP contribution in [0.3, 0.4) is 0 Å². The zero-order valence-corrected chi connectivity index (χ0v) is 12.4. The number of halogens is 2. The van der Waals surface area contributed by atoms with Gasteiger partial charge in [0.05, 0.1) is 0 Å². The maximum Gasteiger partial charge on any atom is 0.251 e. The van der Waals surface area contributed by atoms with E-state index in [0.29, 0.717) is 27.7 Å². The van der Waals surface area contributed by atoms with Gasteiger partial charge in [0.2, 0.25) is 6.41 Å². The molecule has 0 spiro atoms. The van der Waals surface area contributed by atoms with Crippen molar-refractivity contribution in [2.75, 3.05) is 5.32 Å². The Kier molecular flexibility index (Phi) is 5.20. The Morgan fingerprint density at radius 2 is 1.86 bits per heavy atom. The Labute approximate surface area is 132 Å². The van der Waals surface area contributed by atoms with E-state index in [1.807, 2.05) is 0 Å². The molecule has 6 heteroatoms. The molecule has 1 unspecified atom stereocenters. The first-order chi connectivity index (χ1) is 10.1. The van der Waals surface area contributed by atoms with Crippen molar-refractivity contribution >= 4 is 41.2 Å². The minimum Gasteiger partial charge on any atom is -0.343 e. The topological polar surface area (TPSA) is 58.2 Å². The number of benzene rings is 2. The summed E-state index contributed by atoms with van der Waals surface area (Å²) in [5.74, 6) is -0.405. The van der Waals surface area contributed by atoms with Gasteiger partial charge in [-0.3, -0.25) is 9.59 Å². The van der Waals surface area contributed by atoms with Crippen LogP contribution in [0, 0.1) is 0 Å². The Morgan fingerprint density at radius 3 is 2.52 bits per heavy atom. The first-order valence-corrected chi connectivity index (χ1v) is 6.88. The fourth-order valence-electron chi connectivity index (χ4n) is 1.86. The second kappa shape index (κ2) is 7.11. The van der Waals surface area contributed by atoms with Crippen molar-refractivity contribution in [3.05, 3.63) is 64.1 Å². The van der Waals surface area contributed by atoms with Gasteiger partial charge in [0.1, 0.15) is 6.04 Å². The molecule has 2 rings (SSSR count). The van der Waals surface area contributed by atoms with Crippen LogP contribution in [0.5, 0.6) is 0 Å². The van der Waals surface area contributed by atoms with Gasteiger partial charge >= 0.3 is 0 Å². The number of carbonyl (C=O) groups excluding carboxylic acids is 2. The standard InChI is InChI=1S/C15H12Cl2N2O2/c16-10-4-3-5-11(8-10)19-15(21)14(18-9-20)12-6-1-2-7-13(12)17/h1-9,14H,(H,18,20)(H,19,21). The van der Waals surface area contributed by atoms with Gasteiger partial charge in [0, 0.05) is 21.3 Å². The summed E-state index contributed by atoms with van der Waals surface area (Å²) in [5, 5.41) is 6.06. The average Bonchev–Trinajstić information content (AvgIpc) is 2.45. The van der Waals surface area contributed by atoms with Crippen LogP contribution in [-0.2, 0) is 9.59 Å². The molecule has 1 atom stereocenters. The van der Waals surface area contributed by atoms with Crippen LogP contribution in [0.2, 0.25) is 10.0 Å². The van der Waals surface area contributed by atoms with E-state index in [2.05, 4.69) is 10.6 Å². The number of amides is 2. The fraction of sp³-hybridized carbons (Fsp3) is 0.0667. The van der Waals surface area contributed by atoms with Gasteiger partial charge in [-0.2, -0.15) is 0 Å². The number of hydrogen-bond donors (Lipinski definition) is 2. The van der Waals surface area contributed by atoms with Crippen LogP contribution >= 0.6 is 23.2 Å². The molecular weight excluding hydrogens is 311 g/mol. The molecule has 0 aromatic heterocycles. The molecule has 0 saturated carbocycles. The molecule has 4 nitrogen and oxygen atoms in total. The summed E-state index contributed by atoms with van der Waals surface area (Å²) in [5.41, 5.74) is 1.06. The minimum atomic E-state index is -0.879. The molecule has 2 amide bonds. The molecule has 2 N–H and O–H groups in total. The summed E-state index contributed by atoms with van der Waals surface area (Å²) in [4.78, 5) is 23.1. The molecule has 0 heterocycles. The monoisotopic (exact) mass is 322 g/mol. The van der Waals surface area contributed by atoms with Crippen molar-refractivity contribution < 1.29 is 9.59 Å². The van der Waals surface area contributed by atoms with Crippen molar-refractivity contribution in [1.29, 1.82) is 0 Å². The first-order valence-electron chi connectivity index (χ1n) is 6.12. The second-order valence-corrected chi connectivity index (χ2v) is 5.08. The van der Waals surface area contributed by atoms with Crippen LogP contribution in [0.1, 0.15) is 11.6 Å². The summed E-state index contributed by atoms with van der Waals surface area (Å²) < 4.78 is 0. The van der Waals surface area contributed by atoms with E-state index in [1.165, 1.54) is 0 Å². The number of anilines is 1. The third kappa shape index (κ3) is 3.97. The Bertz CT molecular complexity index is 662. The Balaban J connectivity index is 2.24. The molecule has 0 aliphatic rings. The fourth-order valence-corrected chi connectivity index (χ4v) is 2.30. The van der Waals surface area contributed by atoms with E-state index in [-0.39, 0.29) is 0 Å². The predicted molar refractivity (Wildman–Crippen MR) is 83.5 cm³/mol. The van der Waals surface area contributed by atoms with Gasteiger partial charge in [0.15, 0.2) is 0 Å². The zero-order chi connectivity index (χ0) is 15.2. The third-order valence-electron chi connectivity index (χ3n) is 2.81. The lowest BCUT2D eigenvalue weighted by atomic mass is 10.1. The number of nitrogens with one attached hydrogen (secondary N) is 2. The summed E-state index contributed by atoms with van der Waals surface area (Å²) in [7, 11) is 0. The Hall–Kier alpha value is -2.04. The van der Waals surface area contributed by atoms with Crippen molar-refractivity contribution in [2.24, 2.45) is 0 Å². The minimum absolute atomic E-state index is 0.401. The van der Waals surface area contributed by atoms with Gasteiger partial charge in [-0.15, -0.1) is 0 Å². The van der Waals surface area contributed by atoms with Crippen molar-refractivity contribution in [3.8, 4) is 0 Å². The Morgan fingerprint density at radius 1 is 1.10 bits per heavy atom. The molecule has 0 aliphatic heterocycles. The van der Waals surface area contributed by atoms with Gasteiger partial charge < -0.3 is 10.6 Å². The largest absolute Gasteiger partial charge is 0.343 e. The van der Waals surface area contributed by atoms with E-state index in [1.54, 1.807) is 48.5 Å². The molecule has 0 aliphatic carbocycles. The lowest BCUT2D eigenvalue weighted by molar-refractivity contribution is -0.121. The van der Waals surface area contributed by atoms with E-state index < -0.39 is 11.9 Å². The van der Waals surface area contributed by atoms with E-state index in [0.717, 1.165) is 0 Å². The van der Waals surface area contributed by atoms with Crippen LogP contribution in [-0.4, -0.2) is 12.3 Å². The van der Waals surface area contributed by atoms with Crippen molar-refractivity contribution in [1.82, 2.24) is 5.32 Å². The molecule has 2 aromatic rings. The number of rotatable bonds is 5. The normalized spacial score (nSPS) is 11.5. The first kappa shape index (κ1) is 15.4. The molecular formula is C15H12Cl2N2O2. The zero-order valence-electron chi connectivity index (χ0n) is 10.8. The van der Waals surface area contributed by atoms with Crippen LogP contribution < -0.4 is 10.6 Å². The SMILES string of the molecule is O=CNC(C(=O)Nc1cccc(Cl)c1)c1ccccc1Cl. The molecule has 0 fully saturated rings.